The van der Waals surface area contributed by atoms with Crippen molar-refractivity contribution in [3.8, 4) is 5.75 Å². The second-order valence-corrected chi connectivity index (χ2v) is 4.71. The number of halogens is 2. The first-order chi connectivity index (χ1) is 10.0. The molecule has 0 amide bonds. The summed E-state index contributed by atoms with van der Waals surface area (Å²) in [5.41, 5.74) is 6.50. The zero-order valence-electron chi connectivity index (χ0n) is 11.2. The molecular weight excluding hydrogens is 297 g/mol. The van der Waals surface area contributed by atoms with Gasteiger partial charge in [0.1, 0.15) is 23.7 Å². The molecule has 0 saturated heterocycles. The Morgan fingerprint density at radius 3 is 2.76 bits per heavy atom. The van der Waals surface area contributed by atoms with Crippen LogP contribution in [0.5, 0.6) is 5.75 Å². The lowest BCUT2D eigenvalue weighted by atomic mass is 10.1. The SMILES string of the molecule is COC(=O)c1cc(N)ccc1OCc1cc(Cl)ccc1F. The predicted molar refractivity (Wildman–Crippen MR) is 77.9 cm³/mol. The van der Waals surface area contributed by atoms with Crippen LogP contribution in [0, 0.1) is 5.82 Å². The van der Waals surface area contributed by atoms with Gasteiger partial charge >= 0.3 is 5.97 Å². The van der Waals surface area contributed by atoms with Gasteiger partial charge in [-0.15, -0.1) is 0 Å². The van der Waals surface area contributed by atoms with Crippen molar-refractivity contribution in [2.75, 3.05) is 12.8 Å². The molecule has 110 valence electrons. The van der Waals surface area contributed by atoms with E-state index in [1.807, 2.05) is 0 Å². The van der Waals surface area contributed by atoms with E-state index in [1.165, 1.54) is 37.4 Å². The van der Waals surface area contributed by atoms with Gasteiger partial charge in [-0.25, -0.2) is 9.18 Å². The molecule has 6 heteroatoms. The average Bonchev–Trinajstić information content (AvgIpc) is 2.48. The summed E-state index contributed by atoms with van der Waals surface area (Å²) >= 11 is 5.81. The van der Waals surface area contributed by atoms with Gasteiger partial charge in [-0.2, -0.15) is 0 Å². The molecule has 0 aliphatic heterocycles. The van der Waals surface area contributed by atoms with E-state index in [9.17, 15) is 9.18 Å². The third-order valence-corrected chi connectivity index (χ3v) is 3.03. The summed E-state index contributed by atoms with van der Waals surface area (Å²) in [6.45, 7) is -0.0691. The summed E-state index contributed by atoms with van der Waals surface area (Å²) in [5.74, 6) is -0.756. The molecule has 0 atom stereocenters. The summed E-state index contributed by atoms with van der Waals surface area (Å²) < 4.78 is 23.8. The van der Waals surface area contributed by atoms with E-state index in [2.05, 4.69) is 4.74 Å². The molecule has 2 aromatic rings. The Labute approximate surface area is 126 Å². The second-order valence-electron chi connectivity index (χ2n) is 4.27. The Morgan fingerprint density at radius 1 is 1.29 bits per heavy atom. The first-order valence-corrected chi connectivity index (χ1v) is 6.43. The Hall–Kier alpha value is -2.27. The van der Waals surface area contributed by atoms with Gasteiger partial charge in [-0.05, 0) is 36.4 Å². The number of carbonyl (C=O) groups excluding carboxylic acids is 1. The van der Waals surface area contributed by atoms with Gasteiger partial charge < -0.3 is 15.2 Å². The zero-order chi connectivity index (χ0) is 15.4. The van der Waals surface area contributed by atoms with Crippen LogP contribution in [0.15, 0.2) is 36.4 Å². The maximum Gasteiger partial charge on any atom is 0.341 e. The van der Waals surface area contributed by atoms with Crippen molar-refractivity contribution in [2.45, 2.75) is 6.61 Å². The molecule has 21 heavy (non-hydrogen) atoms. The molecule has 0 aliphatic carbocycles. The van der Waals surface area contributed by atoms with Crippen LogP contribution in [0.4, 0.5) is 10.1 Å². The molecule has 2 aromatic carbocycles. The number of ether oxygens (including phenoxy) is 2. The van der Waals surface area contributed by atoms with Crippen molar-refractivity contribution in [3.05, 3.63) is 58.4 Å². The minimum atomic E-state index is -0.580. The summed E-state index contributed by atoms with van der Waals surface area (Å²) in [6.07, 6.45) is 0. The van der Waals surface area contributed by atoms with Gasteiger partial charge in [-0.3, -0.25) is 0 Å². The Morgan fingerprint density at radius 2 is 2.05 bits per heavy atom. The van der Waals surface area contributed by atoms with E-state index in [0.29, 0.717) is 10.7 Å². The van der Waals surface area contributed by atoms with E-state index in [-0.39, 0.29) is 23.5 Å². The maximum atomic E-state index is 13.6. The minimum Gasteiger partial charge on any atom is -0.488 e. The van der Waals surface area contributed by atoms with Gasteiger partial charge in [0.05, 0.1) is 7.11 Å². The van der Waals surface area contributed by atoms with Gasteiger partial charge in [0, 0.05) is 16.3 Å². The summed E-state index contributed by atoms with van der Waals surface area (Å²) in [5, 5.41) is 0.403. The number of benzene rings is 2. The van der Waals surface area contributed by atoms with E-state index in [4.69, 9.17) is 22.1 Å². The largest absolute Gasteiger partial charge is 0.488 e. The number of nitrogen functional groups attached to an aromatic ring is 1. The number of hydrogen-bond donors (Lipinski definition) is 1. The van der Waals surface area contributed by atoms with Crippen LogP contribution in [0.1, 0.15) is 15.9 Å². The highest BCUT2D eigenvalue weighted by molar-refractivity contribution is 6.30. The fraction of sp³-hybridized carbons (Fsp3) is 0.133. The van der Waals surface area contributed by atoms with Gasteiger partial charge in [0.25, 0.3) is 0 Å². The van der Waals surface area contributed by atoms with Crippen LogP contribution in [0.2, 0.25) is 5.02 Å². The highest BCUT2D eigenvalue weighted by Gasteiger charge is 2.14. The van der Waals surface area contributed by atoms with Crippen molar-refractivity contribution < 1.29 is 18.7 Å². The van der Waals surface area contributed by atoms with E-state index >= 15 is 0 Å². The predicted octanol–water partition coefficient (Wildman–Crippen LogP) is 3.43. The number of methoxy groups -OCH3 is 1. The smallest absolute Gasteiger partial charge is 0.341 e. The molecule has 0 radical (unpaired) electrons. The molecule has 2 N–H and O–H groups in total. The molecule has 0 unspecified atom stereocenters. The lowest BCUT2D eigenvalue weighted by Crippen LogP contribution is -2.07. The summed E-state index contributed by atoms with van der Waals surface area (Å²) in [4.78, 5) is 11.7. The number of esters is 1. The molecule has 0 spiro atoms. The third-order valence-electron chi connectivity index (χ3n) is 2.80. The number of rotatable bonds is 4. The normalized spacial score (nSPS) is 10.2. The fourth-order valence-corrected chi connectivity index (χ4v) is 1.95. The summed E-state index contributed by atoms with van der Waals surface area (Å²) in [6, 6.07) is 8.72. The highest BCUT2D eigenvalue weighted by atomic mass is 35.5. The molecule has 0 fully saturated rings. The van der Waals surface area contributed by atoms with E-state index in [1.54, 1.807) is 6.07 Å². The Bertz CT molecular complexity index is 676. The van der Waals surface area contributed by atoms with Gasteiger partial charge in [-0.1, -0.05) is 11.6 Å². The van der Waals surface area contributed by atoms with Crippen LogP contribution < -0.4 is 10.5 Å². The zero-order valence-corrected chi connectivity index (χ0v) is 12.0. The van der Waals surface area contributed by atoms with Crippen molar-refractivity contribution in [1.29, 1.82) is 0 Å². The minimum absolute atomic E-state index is 0.0691. The average molecular weight is 310 g/mol. The highest BCUT2D eigenvalue weighted by Crippen LogP contribution is 2.24. The standard InChI is InChI=1S/C15H13ClFNO3/c1-20-15(19)12-7-11(18)3-5-14(12)21-8-9-6-10(16)2-4-13(9)17/h2-7H,8,18H2,1H3. The second kappa shape index (κ2) is 6.45. The monoisotopic (exact) mass is 309 g/mol. The molecular formula is C15H13ClFNO3. The number of anilines is 1. The first-order valence-electron chi connectivity index (χ1n) is 6.06. The van der Waals surface area contributed by atoms with Crippen molar-refractivity contribution in [1.82, 2.24) is 0 Å². The Kier molecular flexibility index (Phi) is 4.65. The lowest BCUT2D eigenvalue weighted by molar-refractivity contribution is 0.0595. The van der Waals surface area contributed by atoms with Crippen LogP contribution in [-0.4, -0.2) is 13.1 Å². The third kappa shape index (κ3) is 3.64. The first kappa shape index (κ1) is 15.1. The molecule has 4 nitrogen and oxygen atoms in total. The van der Waals surface area contributed by atoms with Crippen LogP contribution in [-0.2, 0) is 11.3 Å². The van der Waals surface area contributed by atoms with Gasteiger partial charge in [0.2, 0.25) is 0 Å². The quantitative estimate of drug-likeness (QED) is 0.694. The lowest BCUT2D eigenvalue weighted by Gasteiger charge is -2.11. The van der Waals surface area contributed by atoms with Crippen LogP contribution in [0.25, 0.3) is 0 Å². The van der Waals surface area contributed by atoms with Crippen molar-refractivity contribution in [3.63, 3.8) is 0 Å². The summed E-state index contributed by atoms with van der Waals surface area (Å²) in [7, 11) is 1.26. The van der Waals surface area contributed by atoms with Gasteiger partial charge in [0.15, 0.2) is 0 Å². The molecule has 2 rings (SSSR count). The van der Waals surface area contributed by atoms with Crippen LogP contribution >= 0.6 is 11.6 Å². The number of hydrogen-bond acceptors (Lipinski definition) is 4. The van der Waals surface area contributed by atoms with Crippen LogP contribution in [0.3, 0.4) is 0 Å². The molecule has 0 heterocycles. The Balaban J connectivity index is 2.24. The van der Waals surface area contributed by atoms with E-state index < -0.39 is 11.8 Å². The van der Waals surface area contributed by atoms with Crippen molar-refractivity contribution >= 4 is 23.3 Å². The van der Waals surface area contributed by atoms with E-state index in [0.717, 1.165) is 0 Å². The number of carbonyl (C=O) groups is 1. The molecule has 0 bridgehead atoms. The van der Waals surface area contributed by atoms with Crippen molar-refractivity contribution in [2.24, 2.45) is 0 Å². The molecule has 0 saturated carbocycles. The molecule has 0 aromatic heterocycles. The number of nitrogens with two attached hydrogens (primary N) is 1. The maximum absolute atomic E-state index is 13.6. The fourth-order valence-electron chi connectivity index (χ4n) is 1.75. The molecule has 0 aliphatic rings. The topological polar surface area (TPSA) is 61.5 Å².